The highest BCUT2D eigenvalue weighted by molar-refractivity contribution is 4.88. The molecule has 2 saturated heterocycles. The highest BCUT2D eigenvalue weighted by Gasteiger charge is 2.32. The Hall–Kier alpha value is -0.120. The minimum Gasteiger partial charge on any atom is -0.377 e. The molecule has 0 spiro atoms. The molecular weight excluding hydrogens is 212 g/mol. The summed E-state index contributed by atoms with van der Waals surface area (Å²) in [5, 5.41) is 3.61. The molecule has 2 aliphatic rings. The Morgan fingerprint density at radius 2 is 2.24 bits per heavy atom. The Labute approximate surface area is 106 Å². The van der Waals surface area contributed by atoms with Gasteiger partial charge in [-0.2, -0.15) is 0 Å². The topological polar surface area (TPSA) is 24.5 Å². The van der Waals surface area contributed by atoms with Crippen LogP contribution in [0.4, 0.5) is 0 Å². The molecule has 2 aliphatic heterocycles. The maximum Gasteiger partial charge on any atom is 0.0728 e. The zero-order valence-electron chi connectivity index (χ0n) is 11.6. The van der Waals surface area contributed by atoms with Gasteiger partial charge in [0.25, 0.3) is 0 Å². The van der Waals surface area contributed by atoms with Crippen LogP contribution in [0.2, 0.25) is 0 Å². The first-order chi connectivity index (χ1) is 8.22. The lowest BCUT2D eigenvalue weighted by atomic mass is 9.92. The van der Waals surface area contributed by atoms with Crippen molar-refractivity contribution in [2.75, 3.05) is 26.2 Å². The number of nitrogens with zero attached hydrogens (tertiary/aromatic N) is 1. The van der Waals surface area contributed by atoms with Crippen LogP contribution >= 0.6 is 0 Å². The van der Waals surface area contributed by atoms with Gasteiger partial charge in [-0.15, -0.1) is 0 Å². The third-order valence-electron chi connectivity index (χ3n) is 4.48. The summed E-state index contributed by atoms with van der Waals surface area (Å²) >= 11 is 0. The van der Waals surface area contributed by atoms with E-state index >= 15 is 0 Å². The fourth-order valence-corrected chi connectivity index (χ4v) is 3.33. The van der Waals surface area contributed by atoms with E-state index in [0.717, 1.165) is 19.1 Å². The van der Waals surface area contributed by atoms with Crippen LogP contribution in [-0.4, -0.2) is 49.3 Å². The van der Waals surface area contributed by atoms with Crippen LogP contribution in [0.3, 0.4) is 0 Å². The fraction of sp³-hybridized carbons (Fsp3) is 1.00. The van der Waals surface area contributed by atoms with E-state index in [2.05, 4.69) is 31.0 Å². The third kappa shape index (κ3) is 3.21. The van der Waals surface area contributed by atoms with Gasteiger partial charge in [0.2, 0.25) is 0 Å². The van der Waals surface area contributed by atoms with Gasteiger partial charge in [-0.25, -0.2) is 0 Å². The third-order valence-corrected chi connectivity index (χ3v) is 4.48. The molecule has 4 atom stereocenters. The second-order valence-corrected chi connectivity index (χ2v) is 5.72. The molecule has 17 heavy (non-hydrogen) atoms. The molecular formula is C14H28N2O. The minimum absolute atomic E-state index is 0.484. The maximum absolute atomic E-state index is 5.82. The van der Waals surface area contributed by atoms with Crippen molar-refractivity contribution in [1.29, 1.82) is 0 Å². The average molecular weight is 240 g/mol. The van der Waals surface area contributed by atoms with Crippen molar-refractivity contribution >= 4 is 0 Å². The summed E-state index contributed by atoms with van der Waals surface area (Å²) in [6.45, 7) is 11.4. The van der Waals surface area contributed by atoms with Crippen LogP contribution < -0.4 is 5.32 Å². The lowest BCUT2D eigenvalue weighted by molar-refractivity contribution is 0.00943. The second-order valence-electron chi connectivity index (χ2n) is 5.72. The summed E-state index contributed by atoms with van der Waals surface area (Å²) in [4.78, 5) is 2.63. The lowest BCUT2D eigenvalue weighted by Gasteiger charge is -2.41. The van der Waals surface area contributed by atoms with Gasteiger partial charge in [0.15, 0.2) is 0 Å². The van der Waals surface area contributed by atoms with Crippen molar-refractivity contribution in [2.24, 2.45) is 5.92 Å². The van der Waals surface area contributed by atoms with Gasteiger partial charge in [-0.1, -0.05) is 13.8 Å². The van der Waals surface area contributed by atoms with Crippen LogP contribution in [-0.2, 0) is 4.74 Å². The Morgan fingerprint density at radius 1 is 1.41 bits per heavy atom. The van der Waals surface area contributed by atoms with Crippen LogP contribution in [0, 0.1) is 5.92 Å². The number of nitrogens with one attached hydrogen (secondary N) is 1. The van der Waals surface area contributed by atoms with Gasteiger partial charge in [0, 0.05) is 31.8 Å². The SMILES string of the molecule is CCNC1CCN(C(C)C2CCCO2)CC1C. The quantitative estimate of drug-likeness (QED) is 0.812. The number of piperidine rings is 1. The van der Waals surface area contributed by atoms with Crippen molar-refractivity contribution in [3.05, 3.63) is 0 Å². The number of hydrogen-bond donors (Lipinski definition) is 1. The molecule has 0 aromatic carbocycles. The van der Waals surface area contributed by atoms with Crippen LogP contribution in [0.5, 0.6) is 0 Å². The number of hydrogen-bond acceptors (Lipinski definition) is 3. The second kappa shape index (κ2) is 6.17. The maximum atomic E-state index is 5.82. The Balaban J connectivity index is 1.83. The van der Waals surface area contributed by atoms with Gasteiger partial charge >= 0.3 is 0 Å². The van der Waals surface area contributed by atoms with Crippen LogP contribution in [0.15, 0.2) is 0 Å². The normalized spacial score (nSPS) is 37.2. The highest BCUT2D eigenvalue weighted by atomic mass is 16.5. The first-order valence-corrected chi connectivity index (χ1v) is 7.31. The van der Waals surface area contributed by atoms with E-state index in [1.54, 1.807) is 0 Å². The lowest BCUT2D eigenvalue weighted by Crippen LogP contribution is -2.53. The molecule has 0 radical (unpaired) electrons. The molecule has 0 saturated carbocycles. The zero-order chi connectivity index (χ0) is 12.3. The molecule has 1 N–H and O–H groups in total. The van der Waals surface area contributed by atoms with E-state index in [-0.39, 0.29) is 0 Å². The molecule has 2 rings (SSSR count). The molecule has 2 heterocycles. The summed E-state index contributed by atoms with van der Waals surface area (Å²) < 4.78 is 5.82. The summed E-state index contributed by atoms with van der Waals surface area (Å²) in [5.41, 5.74) is 0. The summed E-state index contributed by atoms with van der Waals surface area (Å²) in [7, 11) is 0. The van der Waals surface area contributed by atoms with E-state index in [1.165, 1.54) is 32.4 Å². The van der Waals surface area contributed by atoms with Crippen molar-refractivity contribution in [3.63, 3.8) is 0 Å². The molecule has 2 fully saturated rings. The van der Waals surface area contributed by atoms with Crippen molar-refractivity contribution in [3.8, 4) is 0 Å². The van der Waals surface area contributed by atoms with E-state index in [1.807, 2.05) is 0 Å². The van der Waals surface area contributed by atoms with Crippen molar-refractivity contribution < 1.29 is 4.74 Å². The summed E-state index contributed by atoms with van der Waals surface area (Å²) in [5.74, 6) is 0.757. The van der Waals surface area contributed by atoms with Crippen molar-refractivity contribution in [2.45, 2.75) is 58.2 Å². The molecule has 4 unspecified atom stereocenters. The molecule has 0 amide bonds. The van der Waals surface area contributed by atoms with E-state index in [9.17, 15) is 0 Å². The van der Waals surface area contributed by atoms with Crippen molar-refractivity contribution in [1.82, 2.24) is 10.2 Å². The Bertz CT molecular complexity index is 228. The van der Waals surface area contributed by atoms with E-state index < -0.39 is 0 Å². The van der Waals surface area contributed by atoms with Gasteiger partial charge in [0.05, 0.1) is 6.10 Å². The number of rotatable bonds is 4. The monoisotopic (exact) mass is 240 g/mol. The van der Waals surface area contributed by atoms with Crippen LogP contribution in [0.1, 0.15) is 40.0 Å². The Kier molecular flexibility index (Phi) is 4.83. The fourth-order valence-electron chi connectivity index (χ4n) is 3.33. The van der Waals surface area contributed by atoms with Gasteiger partial charge < -0.3 is 10.1 Å². The molecule has 0 aliphatic carbocycles. The molecule has 0 bridgehead atoms. The van der Waals surface area contributed by atoms with E-state index in [4.69, 9.17) is 4.74 Å². The molecule has 3 nitrogen and oxygen atoms in total. The first kappa shape index (κ1) is 13.3. The predicted molar refractivity (Wildman–Crippen MR) is 71.3 cm³/mol. The smallest absolute Gasteiger partial charge is 0.0728 e. The zero-order valence-corrected chi connectivity index (χ0v) is 11.6. The molecule has 0 aromatic heterocycles. The first-order valence-electron chi connectivity index (χ1n) is 7.31. The van der Waals surface area contributed by atoms with Gasteiger partial charge in [0.1, 0.15) is 0 Å². The van der Waals surface area contributed by atoms with Gasteiger partial charge in [-0.05, 0) is 38.6 Å². The largest absolute Gasteiger partial charge is 0.377 e. The Morgan fingerprint density at radius 3 is 2.82 bits per heavy atom. The molecule has 0 aromatic rings. The minimum atomic E-state index is 0.484. The number of ether oxygens (including phenoxy) is 1. The predicted octanol–water partition coefficient (Wildman–Crippen LogP) is 1.87. The molecule has 3 heteroatoms. The van der Waals surface area contributed by atoms with E-state index in [0.29, 0.717) is 18.2 Å². The number of likely N-dealkylation sites (tertiary alicyclic amines) is 1. The summed E-state index contributed by atoms with van der Waals surface area (Å²) in [6.07, 6.45) is 4.27. The summed E-state index contributed by atoms with van der Waals surface area (Å²) in [6, 6.07) is 1.32. The molecule has 100 valence electrons. The standard InChI is InChI=1S/C14H28N2O/c1-4-15-13-7-8-16(10-11(13)2)12(3)14-6-5-9-17-14/h11-15H,4-10H2,1-3H3. The van der Waals surface area contributed by atoms with Crippen LogP contribution in [0.25, 0.3) is 0 Å². The average Bonchev–Trinajstić information content (AvgIpc) is 2.84. The van der Waals surface area contributed by atoms with Gasteiger partial charge in [-0.3, -0.25) is 4.90 Å². The highest BCUT2D eigenvalue weighted by Crippen LogP contribution is 2.24.